The number of aromatic hydroxyl groups is 1. The van der Waals surface area contributed by atoms with Gasteiger partial charge in [-0.3, -0.25) is 0 Å². The second kappa shape index (κ2) is 6.68. The van der Waals surface area contributed by atoms with Crippen LogP contribution in [0.25, 0.3) is 11.1 Å². The Labute approximate surface area is 144 Å². The largest absolute Gasteiger partial charge is 0.507 e. The van der Waals surface area contributed by atoms with E-state index < -0.39 is 5.97 Å². The quantitative estimate of drug-likeness (QED) is 0.731. The summed E-state index contributed by atoms with van der Waals surface area (Å²) in [6.45, 7) is 4.04. The number of hydrogen-bond donors (Lipinski definition) is 2. The summed E-state index contributed by atoms with van der Waals surface area (Å²) in [5, 5.41) is 22.6. The summed E-state index contributed by atoms with van der Waals surface area (Å²) in [7, 11) is 0. The van der Waals surface area contributed by atoms with Crippen molar-refractivity contribution in [3.05, 3.63) is 65.0 Å². The van der Waals surface area contributed by atoms with Crippen LogP contribution in [0, 0.1) is 13.8 Å². The van der Waals surface area contributed by atoms with Gasteiger partial charge in [0.25, 0.3) is 0 Å². The lowest BCUT2D eigenvalue weighted by Crippen LogP contribution is -1.99. The lowest BCUT2D eigenvalue weighted by molar-refractivity contribution is 0.0693. The number of carboxylic acid groups (broad SMARTS) is 1. The van der Waals surface area contributed by atoms with Gasteiger partial charge in [0.2, 0.25) is 0 Å². The molecule has 0 aliphatic rings. The van der Waals surface area contributed by atoms with Gasteiger partial charge in [-0.05, 0) is 43.2 Å². The summed E-state index contributed by atoms with van der Waals surface area (Å²) in [6, 6.07) is 11.9. The monoisotopic (exact) mass is 339 g/mol. The molecule has 0 fully saturated rings. The van der Waals surface area contributed by atoms with E-state index in [9.17, 15) is 9.90 Å². The van der Waals surface area contributed by atoms with Crippen molar-refractivity contribution in [1.29, 1.82) is 0 Å². The molecule has 0 saturated heterocycles. The zero-order valence-corrected chi connectivity index (χ0v) is 13.8. The van der Waals surface area contributed by atoms with Crippen molar-refractivity contribution in [2.24, 2.45) is 0 Å². The maximum Gasteiger partial charge on any atom is 0.339 e. The van der Waals surface area contributed by atoms with E-state index in [-0.39, 0.29) is 17.9 Å². The molecule has 6 nitrogen and oxygen atoms in total. The predicted molar refractivity (Wildman–Crippen MR) is 90.8 cm³/mol. The van der Waals surface area contributed by atoms with Gasteiger partial charge in [0.05, 0.1) is 5.69 Å². The molecule has 0 aliphatic carbocycles. The van der Waals surface area contributed by atoms with Crippen molar-refractivity contribution in [3.63, 3.8) is 0 Å². The van der Waals surface area contributed by atoms with Crippen molar-refractivity contribution in [2.45, 2.75) is 20.5 Å². The molecule has 1 aromatic heterocycles. The van der Waals surface area contributed by atoms with Crippen LogP contribution in [0.4, 0.5) is 0 Å². The van der Waals surface area contributed by atoms with E-state index in [2.05, 4.69) is 5.16 Å². The van der Waals surface area contributed by atoms with Crippen LogP contribution >= 0.6 is 0 Å². The van der Waals surface area contributed by atoms with Crippen LogP contribution in [0.3, 0.4) is 0 Å². The molecule has 2 N–H and O–H groups in total. The molecular weight excluding hydrogens is 322 g/mol. The number of ether oxygens (including phenoxy) is 1. The molecule has 0 saturated carbocycles. The SMILES string of the molecule is Cc1noc(C)c1-c1cccc(COc2ccc(C(=O)O)c(O)c2)c1. The maximum absolute atomic E-state index is 10.9. The van der Waals surface area contributed by atoms with Gasteiger partial charge >= 0.3 is 5.97 Å². The second-order valence-electron chi connectivity index (χ2n) is 5.67. The first-order chi connectivity index (χ1) is 12.0. The Morgan fingerprint density at radius 2 is 2.00 bits per heavy atom. The first-order valence-electron chi connectivity index (χ1n) is 7.67. The van der Waals surface area contributed by atoms with Crippen molar-refractivity contribution in [1.82, 2.24) is 5.16 Å². The Morgan fingerprint density at radius 3 is 2.64 bits per heavy atom. The zero-order valence-electron chi connectivity index (χ0n) is 13.8. The third-order valence-electron chi connectivity index (χ3n) is 3.85. The number of rotatable bonds is 5. The molecular formula is C19H17NO5. The Hall–Kier alpha value is -3.28. The number of carbonyl (C=O) groups is 1. The number of benzene rings is 2. The molecule has 0 bridgehead atoms. The molecule has 0 amide bonds. The minimum absolute atomic E-state index is 0.159. The fraction of sp³-hybridized carbons (Fsp3) is 0.158. The molecule has 6 heteroatoms. The van der Waals surface area contributed by atoms with Gasteiger partial charge in [-0.1, -0.05) is 23.4 Å². The molecule has 128 valence electrons. The third kappa shape index (κ3) is 3.47. The summed E-state index contributed by atoms with van der Waals surface area (Å²) in [4.78, 5) is 10.9. The fourth-order valence-electron chi connectivity index (χ4n) is 2.66. The van der Waals surface area contributed by atoms with Gasteiger partial charge in [0.15, 0.2) is 0 Å². The standard InChI is InChI=1S/C19H17NO5/c1-11-18(12(2)25-20-11)14-5-3-4-13(8-14)10-24-15-6-7-16(19(22)23)17(21)9-15/h3-9,21H,10H2,1-2H3,(H,22,23). The van der Waals surface area contributed by atoms with E-state index >= 15 is 0 Å². The normalized spacial score (nSPS) is 10.6. The van der Waals surface area contributed by atoms with Crippen molar-refractivity contribution in [3.8, 4) is 22.6 Å². The van der Waals surface area contributed by atoms with Crippen LogP contribution in [-0.2, 0) is 6.61 Å². The summed E-state index contributed by atoms with van der Waals surface area (Å²) in [6.07, 6.45) is 0. The predicted octanol–water partition coefficient (Wildman–Crippen LogP) is 3.94. The Kier molecular flexibility index (Phi) is 4.43. The number of nitrogens with zero attached hydrogens (tertiary/aromatic N) is 1. The van der Waals surface area contributed by atoms with Crippen molar-refractivity contribution >= 4 is 5.97 Å². The molecule has 0 radical (unpaired) electrons. The van der Waals surface area contributed by atoms with Crippen LogP contribution in [0.2, 0.25) is 0 Å². The summed E-state index contributed by atoms with van der Waals surface area (Å²) in [5.41, 5.74) is 3.54. The Balaban J connectivity index is 1.77. The van der Waals surface area contributed by atoms with E-state index in [0.29, 0.717) is 5.75 Å². The highest BCUT2D eigenvalue weighted by Gasteiger charge is 2.12. The van der Waals surface area contributed by atoms with Crippen LogP contribution < -0.4 is 4.74 Å². The molecule has 0 unspecified atom stereocenters. The van der Waals surface area contributed by atoms with Gasteiger partial charge in [0, 0.05) is 11.6 Å². The van der Waals surface area contributed by atoms with Gasteiger partial charge in [-0.15, -0.1) is 0 Å². The molecule has 3 rings (SSSR count). The smallest absolute Gasteiger partial charge is 0.339 e. The zero-order chi connectivity index (χ0) is 18.0. The minimum Gasteiger partial charge on any atom is -0.507 e. The summed E-state index contributed by atoms with van der Waals surface area (Å²) in [5.74, 6) is -0.360. The first kappa shape index (κ1) is 16.6. The molecule has 2 aromatic carbocycles. The second-order valence-corrected chi connectivity index (χ2v) is 5.67. The molecule has 25 heavy (non-hydrogen) atoms. The molecule has 1 heterocycles. The summed E-state index contributed by atoms with van der Waals surface area (Å²) >= 11 is 0. The molecule has 0 spiro atoms. The van der Waals surface area contributed by atoms with Crippen molar-refractivity contribution in [2.75, 3.05) is 0 Å². The van der Waals surface area contributed by atoms with Gasteiger partial charge in [-0.2, -0.15) is 0 Å². The fourth-order valence-corrected chi connectivity index (χ4v) is 2.66. The molecule has 0 aliphatic heterocycles. The lowest BCUT2D eigenvalue weighted by Gasteiger charge is -2.09. The van der Waals surface area contributed by atoms with Crippen molar-refractivity contribution < 1.29 is 24.3 Å². The van der Waals surface area contributed by atoms with Crippen LogP contribution in [0.5, 0.6) is 11.5 Å². The van der Waals surface area contributed by atoms with E-state index in [4.69, 9.17) is 14.4 Å². The number of aromatic carboxylic acids is 1. The number of carboxylic acids is 1. The Morgan fingerprint density at radius 1 is 1.20 bits per heavy atom. The maximum atomic E-state index is 10.9. The average molecular weight is 339 g/mol. The van der Waals surface area contributed by atoms with E-state index in [0.717, 1.165) is 28.1 Å². The number of aryl methyl sites for hydroxylation is 2. The van der Waals surface area contributed by atoms with Gasteiger partial charge in [-0.25, -0.2) is 4.79 Å². The van der Waals surface area contributed by atoms with Crippen LogP contribution in [0.1, 0.15) is 27.4 Å². The lowest BCUT2D eigenvalue weighted by atomic mass is 10.0. The minimum atomic E-state index is -1.18. The molecule has 0 atom stereocenters. The first-order valence-corrected chi connectivity index (χ1v) is 7.67. The summed E-state index contributed by atoms with van der Waals surface area (Å²) < 4.78 is 10.9. The highest BCUT2D eigenvalue weighted by atomic mass is 16.5. The van der Waals surface area contributed by atoms with E-state index in [1.807, 2.05) is 38.1 Å². The van der Waals surface area contributed by atoms with Crippen LogP contribution in [0.15, 0.2) is 47.0 Å². The Bertz CT molecular complexity index is 910. The van der Waals surface area contributed by atoms with Gasteiger partial charge in [0.1, 0.15) is 29.4 Å². The van der Waals surface area contributed by atoms with E-state index in [1.165, 1.54) is 18.2 Å². The third-order valence-corrected chi connectivity index (χ3v) is 3.85. The highest BCUT2D eigenvalue weighted by Crippen LogP contribution is 2.28. The average Bonchev–Trinajstić information content (AvgIpc) is 2.91. The number of phenols is 1. The highest BCUT2D eigenvalue weighted by molar-refractivity contribution is 5.90. The number of aromatic nitrogens is 1. The number of hydrogen-bond acceptors (Lipinski definition) is 5. The topological polar surface area (TPSA) is 92.8 Å². The van der Waals surface area contributed by atoms with Gasteiger partial charge < -0.3 is 19.5 Å². The van der Waals surface area contributed by atoms with Crippen LogP contribution in [-0.4, -0.2) is 21.3 Å². The van der Waals surface area contributed by atoms with E-state index in [1.54, 1.807) is 0 Å². The molecule has 3 aromatic rings.